The van der Waals surface area contributed by atoms with E-state index in [4.69, 9.17) is 4.42 Å². The molecule has 72 heavy (non-hydrogen) atoms. The predicted molar refractivity (Wildman–Crippen MR) is 303 cm³/mol. The molecule has 334 valence electrons. The van der Waals surface area contributed by atoms with Crippen molar-refractivity contribution in [2.75, 3.05) is 0 Å². The molecule has 4 heteroatoms. The average Bonchev–Trinajstić information content (AvgIpc) is 4.19. The van der Waals surface area contributed by atoms with Crippen LogP contribution in [-0.2, 0) is 0 Å². The van der Waals surface area contributed by atoms with Crippen molar-refractivity contribution in [2.24, 2.45) is 0 Å². The second kappa shape index (κ2) is 14.9. The van der Waals surface area contributed by atoms with Gasteiger partial charge in [-0.25, -0.2) is 0 Å². The summed E-state index contributed by atoms with van der Waals surface area (Å²) in [5.41, 5.74) is 17.0. The van der Waals surface area contributed by atoms with Crippen molar-refractivity contribution in [3.63, 3.8) is 0 Å². The molecule has 4 nitrogen and oxygen atoms in total. The quantitative estimate of drug-likeness (QED) is 0.169. The number of benzene rings is 12. The van der Waals surface area contributed by atoms with Gasteiger partial charge in [-0.1, -0.05) is 140 Å². The molecule has 0 N–H and O–H groups in total. The maximum Gasteiger partial charge on any atom is 0.135 e. The third-order valence-electron chi connectivity index (χ3n) is 15.4. The Morgan fingerprint density at radius 1 is 0.222 bits per heavy atom. The summed E-state index contributed by atoms with van der Waals surface area (Å²) in [4.78, 5) is 0. The predicted octanol–water partition coefficient (Wildman–Crippen LogP) is 18.5. The summed E-state index contributed by atoms with van der Waals surface area (Å²) in [6.07, 6.45) is 0. The first-order valence-electron chi connectivity index (χ1n) is 24.7. The number of nitrogens with zero attached hydrogens (tertiary/aromatic N) is 3. The van der Waals surface area contributed by atoms with E-state index >= 15 is 0 Å². The van der Waals surface area contributed by atoms with Gasteiger partial charge < -0.3 is 18.1 Å². The largest absolute Gasteiger partial charge is 0.456 e. The van der Waals surface area contributed by atoms with E-state index in [0.717, 1.165) is 50.0 Å². The zero-order valence-corrected chi connectivity index (χ0v) is 38.9. The minimum absolute atomic E-state index is 0.888. The van der Waals surface area contributed by atoms with Gasteiger partial charge in [0.1, 0.15) is 11.2 Å². The maximum atomic E-state index is 6.33. The van der Waals surface area contributed by atoms with Crippen LogP contribution >= 0.6 is 0 Å². The lowest BCUT2D eigenvalue weighted by molar-refractivity contribution is 0.669. The molecule has 0 saturated heterocycles. The first kappa shape index (κ1) is 39.2. The fourth-order valence-electron chi connectivity index (χ4n) is 12.2. The molecule has 12 aromatic carbocycles. The molecule has 16 aromatic rings. The molecule has 0 spiro atoms. The summed E-state index contributed by atoms with van der Waals surface area (Å²) in [5.74, 6) is 0. The third kappa shape index (κ3) is 5.63. The zero-order valence-electron chi connectivity index (χ0n) is 38.9. The van der Waals surface area contributed by atoms with E-state index in [1.807, 2.05) is 6.07 Å². The van der Waals surface area contributed by atoms with Crippen molar-refractivity contribution in [3.05, 3.63) is 249 Å². The van der Waals surface area contributed by atoms with Gasteiger partial charge in [-0.15, -0.1) is 0 Å². The summed E-state index contributed by atoms with van der Waals surface area (Å²) in [6, 6.07) is 91.2. The van der Waals surface area contributed by atoms with E-state index in [0.29, 0.717) is 0 Å². The molecule has 0 aliphatic carbocycles. The highest BCUT2D eigenvalue weighted by Gasteiger charge is 2.21. The molecule has 4 heterocycles. The van der Waals surface area contributed by atoms with Crippen molar-refractivity contribution >= 4 is 109 Å². The standard InChI is InChI=1S/C68H41N3O/c1-3-15-48(16-4-1)69-61-32-27-46(39-57(61)67-51-19-9-7-13-42(51)23-34-63(67)69)44-25-30-59-54(37-44)55-38-45(26-31-60(55)71(59)50-29-36-66-56(41-50)53-21-11-12-22-65(53)72-66)47-28-33-62-58(40-47)68-52-20-10-8-14-43(52)24-35-64(68)70(62)49-17-5-2-6-18-49/h1-41H. The molecule has 0 fully saturated rings. The minimum Gasteiger partial charge on any atom is -0.456 e. The number of hydrogen-bond acceptors (Lipinski definition) is 1. The average molecular weight is 916 g/mol. The Labute approximate surface area is 413 Å². The number of hydrogen-bond donors (Lipinski definition) is 0. The van der Waals surface area contributed by atoms with E-state index < -0.39 is 0 Å². The van der Waals surface area contributed by atoms with Crippen LogP contribution in [0.2, 0.25) is 0 Å². The molecule has 0 aliphatic rings. The number of fused-ring (bicyclic) bond motifs is 16. The Kier molecular flexibility index (Phi) is 8.14. The minimum atomic E-state index is 0.888. The third-order valence-corrected chi connectivity index (χ3v) is 15.4. The van der Waals surface area contributed by atoms with Gasteiger partial charge in [0.25, 0.3) is 0 Å². The monoisotopic (exact) mass is 915 g/mol. The summed E-state index contributed by atoms with van der Waals surface area (Å²) in [5, 5.41) is 14.7. The molecular weight excluding hydrogens is 875 g/mol. The van der Waals surface area contributed by atoms with Gasteiger partial charge in [0.2, 0.25) is 0 Å². The van der Waals surface area contributed by atoms with Crippen LogP contribution in [0.15, 0.2) is 253 Å². The van der Waals surface area contributed by atoms with Crippen molar-refractivity contribution in [1.82, 2.24) is 13.7 Å². The van der Waals surface area contributed by atoms with Gasteiger partial charge in [-0.2, -0.15) is 0 Å². The van der Waals surface area contributed by atoms with Crippen LogP contribution in [-0.4, -0.2) is 13.7 Å². The van der Waals surface area contributed by atoms with Crippen molar-refractivity contribution in [3.8, 4) is 39.3 Å². The number of aromatic nitrogens is 3. The van der Waals surface area contributed by atoms with E-state index in [-0.39, 0.29) is 0 Å². The van der Waals surface area contributed by atoms with E-state index in [2.05, 4.69) is 256 Å². The summed E-state index contributed by atoms with van der Waals surface area (Å²) in [7, 11) is 0. The first-order chi connectivity index (χ1) is 35.7. The highest BCUT2D eigenvalue weighted by molar-refractivity contribution is 6.23. The summed E-state index contributed by atoms with van der Waals surface area (Å²) >= 11 is 0. The van der Waals surface area contributed by atoms with Crippen LogP contribution < -0.4 is 0 Å². The Bertz CT molecular complexity index is 4660. The van der Waals surface area contributed by atoms with Crippen molar-refractivity contribution in [1.29, 1.82) is 0 Å². The maximum absolute atomic E-state index is 6.33. The second-order valence-electron chi connectivity index (χ2n) is 19.2. The molecule has 0 atom stereocenters. The zero-order chi connectivity index (χ0) is 47.0. The molecule has 0 bridgehead atoms. The molecular formula is C68H41N3O. The topological polar surface area (TPSA) is 27.9 Å². The van der Waals surface area contributed by atoms with Gasteiger partial charge in [0, 0.05) is 60.2 Å². The van der Waals surface area contributed by atoms with Crippen LogP contribution in [0.1, 0.15) is 0 Å². The van der Waals surface area contributed by atoms with Crippen LogP contribution in [0.25, 0.3) is 148 Å². The van der Waals surface area contributed by atoms with E-state index in [1.165, 1.54) is 98.2 Å². The molecule has 4 aromatic heterocycles. The van der Waals surface area contributed by atoms with Crippen LogP contribution in [0, 0.1) is 0 Å². The Morgan fingerprint density at radius 2 is 0.611 bits per heavy atom. The van der Waals surface area contributed by atoms with Crippen LogP contribution in [0.3, 0.4) is 0 Å². The van der Waals surface area contributed by atoms with Gasteiger partial charge in [-0.05, 0) is 153 Å². The molecule has 16 rings (SSSR count). The molecule has 0 amide bonds. The normalized spacial score (nSPS) is 12.2. The number of para-hydroxylation sites is 3. The van der Waals surface area contributed by atoms with Gasteiger partial charge in [0.05, 0.1) is 33.1 Å². The second-order valence-corrected chi connectivity index (χ2v) is 19.2. The molecule has 0 aliphatic heterocycles. The fraction of sp³-hybridized carbons (Fsp3) is 0. The highest BCUT2D eigenvalue weighted by Crippen LogP contribution is 2.44. The van der Waals surface area contributed by atoms with Crippen molar-refractivity contribution < 1.29 is 4.42 Å². The lowest BCUT2D eigenvalue weighted by Crippen LogP contribution is -1.94. The molecule has 0 radical (unpaired) electrons. The smallest absolute Gasteiger partial charge is 0.135 e. The fourth-order valence-corrected chi connectivity index (χ4v) is 12.2. The van der Waals surface area contributed by atoms with Gasteiger partial charge in [-0.3, -0.25) is 0 Å². The summed E-state index contributed by atoms with van der Waals surface area (Å²) in [6.45, 7) is 0. The van der Waals surface area contributed by atoms with E-state index in [1.54, 1.807) is 0 Å². The number of furan rings is 1. The SMILES string of the molecule is c1ccc(-n2c3ccc(-c4ccc5c(c4)c4cc(-c6ccc7c(c6)c6c8ccccc8ccc6n7-c6ccccc6)ccc4n5-c4ccc5oc6ccccc6c5c4)cc3c3c4ccccc4ccc32)cc1. The van der Waals surface area contributed by atoms with Crippen LogP contribution in [0.5, 0.6) is 0 Å². The van der Waals surface area contributed by atoms with Crippen LogP contribution in [0.4, 0.5) is 0 Å². The van der Waals surface area contributed by atoms with Crippen molar-refractivity contribution in [2.45, 2.75) is 0 Å². The Morgan fingerprint density at radius 3 is 1.12 bits per heavy atom. The lowest BCUT2D eigenvalue weighted by atomic mass is 9.97. The first-order valence-corrected chi connectivity index (χ1v) is 24.7. The Hall–Kier alpha value is -9.64. The highest BCUT2D eigenvalue weighted by atomic mass is 16.3. The lowest BCUT2D eigenvalue weighted by Gasteiger charge is -2.10. The van der Waals surface area contributed by atoms with Gasteiger partial charge >= 0.3 is 0 Å². The van der Waals surface area contributed by atoms with Gasteiger partial charge in [0.15, 0.2) is 0 Å². The number of rotatable bonds is 5. The van der Waals surface area contributed by atoms with E-state index in [9.17, 15) is 0 Å². The molecule has 0 unspecified atom stereocenters. The Balaban J connectivity index is 0.934. The summed E-state index contributed by atoms with van der Waals surface area (Å²) < 4.78 is 13.6. The molecule has 0 saturated carbocycles.